The summed E-state index contributed by atoms with van der Waals surface area (Å²) in [5.41, 5.74) is 3.24. The van der Waals surface area contributed by atoms with E-state index < -0.39 is 12.0 Å². The van der Waals surface area contributed by atoms with Crippen LogP contribution in [0.25, 0.3) is 11.3 Å². The SMILES string of the molecule is Cc1nc(-c2cccc(NC(=S)N[C@H](CC(=O)O)c3ccc(F)cc3)c2)cs1. The third-order valence-corrected chi connectivity index (χ3v) is 4.99. The number of hydrogen-bond donors (Lipinski definition) is 3. The number of carboxylic acids is 1. The molecule has 144 valence electrons. The van der Waals surface area contributed by atoms with E-state index in [2.05, 4.69) is 15.6 Å². The van der Waals surface area contributed by atoms with Gasteiger partial charge in [0.25, 0.3) is 0 Å². The number of rotatable bonds is 6. The molecule has 5 nitrogen and oxygen atoms in total. The first-order chi connectivity index (χ1) is 13.4. The van der Waals surface area contributed by atoms with Crippen LogP contribution in [0.1, 0.15) is 23.0 Å². The fraction of sp³-hybridized carbons (Fsp3) is 0.150. The number of thiocarbonyl (C=S) groups is 1. The zero-order valence-corrected chi connectivity index (χ0v) is 16.6. The average Bonchev–Trinajstić information content (AvgIpc) is 3.08. The highest BCUT2D eigenvalue weighted by atomic mass is 32.1. The van der Waals surface area contributed by atoms with Crippen molar-refractivity contribution in [1.29, 1.82) is 0 Å². The van der Waals surface area contributed by atoms with Gasteiger partial charge in [0.15, 0.2) is 5.11 Å². The summed E-state index contributed by atoms with van der Waals surface area (Å²) in [6, 6.07) is 12.7. The van der Waals surface area contributed by atoms with Crippen LogP contribution in [0.5, 0.6) is 0 Å². The van der Waals surface area contributed by atoms with Crippen molar-refractivity contribution < 1.29 is 14.3 Å². The monoisotopic (exact) mass is 415 g/mol. The van der Waals surface area contributed by atoms with Crippen LogP contribution in [0.3, 0.4) is 0 Å². The number of thiazole rings is 1. The van der Waals surface area contributed by atoms with Gasteiger partial charge >= 0.3 is 5.97 Å². The molecular weight excluding hydrogens is 397 g/mol. The number of benzene rings is 2. The van der Waals surface area contributed by atoms with Crippen molar-refractivity contribution in [3.8, 4) is 11.3 Å². The first-order valence-corrected chi connectivity index (χ1v) is 9.77. The number of aryl methyl sites for hydroxylation is 1. The van der Waals surface area contributed by atoms with Gasteiger partial charge in [-0.05, 0) is 49.0 Å². The Morgan fingerprint density at radius 2 is 2.04 bits per heavy atom. The van der Waals surface area contributed by atoms with Gasteiger partial charge in [-0.2, -0.15) is 0 Å². The number of halogens is 1. The summed E-state index contributed by atoms with van der Waals surface area (Å²) in [4.78, 5) is 15.7. The molecule has 8 heteroatoms. The second-order valence-corrected chi connectivity index (χ2v) is 7.60. The van der Waals surface area contributed by atoms with Crippen LogP contribution in [-0.2, 0) is 4.79 Å². The average molecular weight is 416 g/mol. The minimum absolute atomic E-state index is 0.189. The van der Waals surface area contributed by atoms with Crippen LogP contribution in [0.4, 0.5) is 10.1 Å². The first-order valence-electron chi connectivity index (χ1n) is 8.48. The molecule has 3 N–H and O–H groups in total. The molecule has 1 heterocycles. The van der Waals surface area contributed by atoms with Crippen LogP contribution in [0.2, 0.25) is 0 Å². The van der Waals surface area contributed by atoms with Gasteiger partial charge in [0.2, 0.25) is 0 Å². The Kier molecular flexibility index (Phi) is 6.33. The molecule has 28 heavy (non-hydrogen) atoms. The highest BCUT2D eigenvalue weighted by molar-refractivity contribution is 7.80. The van der Waals surface area contributed by atoms with E-state index in [1.807, 2.05) is 36.6 Å². The summed E-state index contributed by atoms with van der Waals surface area (Å²) < 4.78 is 13.2. The molecule has 0 amide bonds. The van der Waals surface area contributed by atoms with Crippen LogP contribution < -0.4 is 10.6 Å². The van der Waals surface area contributed by atoms with Crippen LogP contribution in [-0.4, -0.2) is 21.2 Å². The van der Waals surface area contributed by atoms with Gasteiger partial charge in [-0.15, -0.1) is 11.3 Å². The van der Waals surface area contributed by atoms with E-state index in [-0.39, 0.29) is 17.4 Å². The maximum Gasteiger partial charge on any atom is 0.305 e. The summed E-state index contributed by atoms with van der Waals surface area (Å²) >= 11 is 6.93. The predicted molar refractivity (Wildman–Crippen MR) is 113 cm³/mol. The lowest BCUT2D eigenvalue weighted by atomic mass is 10.0. The number of anilines is 1. The normalized spacial score (nSPS) is 11.6. The smallest absolute Gasteiger partial charge is 0.305 e. The maximum atomic E-state index is 13.2. The first kappa shape index (κ1) is 19.9. The molecule has 3 aromatic rings. The Morgan fingerprint density at radius 3 is 2.68 bits per heavy atom. The Hall–Kier alpha value is -2.84. The molecular formula is C20H18FN3O2S2. The van der Waals surface area contributed by atoms with E-state index in [4.69, 9.17) is 12.2 Å². The highest BCUT2D eigenvalue weighted by Gasteiger charge is 2.17. The van der Waals surface area contributed by atoms with Crippen molar-refractivity contribution in [2.24, 2.45) is 0 Å². The molecule has 1 atom stereocenters. The molecule has 0 bridgehead atoms. The van der Waals surface area contributed by atoms with E-state index in [0.717, 1.165) is 22.0 Å². The molecule has 0 spiro atoms. The van der Waals surface area contributed by atoms with Gasteiger partial charge in [0.05, 0.1) is 23.2 Å². The zero-order valence-electron chi connectivity index (χ0n) is 15.0. The minimum Gasteiger partial charge on any atom is -0.481 e. The van der Waals surface area contributed by atoms with Gasteiger partial charge in [-0.3, -0.25) is 4.79 Å². The van der Waals surface area contributed by atoms with Crippen molar-refractivity contribution in [3.05, 3.63) is 70.3 Å². The lowest BCUT2D eigenvalue weighted by Crippen LogP contribution is -2.33. The van der Waals surface area contributed by atoms with Crippen LogP contribution in [0, 0.1) is 12.7 Å². The number of nitrogens with one attached hydrogen (secondary N) is 2. The van der Waals surface area contributed by atoms with Crippen molar-refractivity contribution in [2.45, 2.75) is 19.4 Å². The topological polar surface area (TPSA) is 74.2 Å². The Morgan fingerprint density at radius 1 is 1.29 bits per heavy atom. The number of aromatic nitrogens is 1. The van der Waals surface area contributed by atoms with E-state index in [9.17, 15) is 14.3 Å². The molecule has 0 fully saturated rings. The molecule has 0 aliphatic heterocycles. The number of aliphatic carboxylic acids is 1. The molecule has 0 unspecified atom stereocenters. The third kappa shape index (κ3) is 5.34. The summed E-state index contributed by atoms with van der Waals surface area (Å²) in [6.45, 7) is 1.95. The minimum atomic E-state index is -0.981. The quantitative estimate of drug-likeness (QED) is 0.504. The number of nitrogens with zero attached hydrogens (tertiary/aromatic N) is 1. The Balaban J connectivity index is 1.72. The van der Waals surface area contributed by atoms with Gasteiger partial charge < -0.3 is 15.7 Å². The zero-order chi connectivity index (χ0) is 20.1. The fourth-order valence-electron chi connectivity index (χ4n) is 2.70. The summed E-state index contributed by atoms with van der Waals surface area (Å²) in [6.07, 6.45) is -0.189. The van der Waals surface area contributed by atoms with E-state index >= 15 is 0 Å². The molecule has 2 aromatic carbocycles. The molecule has 0 aliphatic rings. The van der Waals surface area contributed by atoms with Gasteiger partial charge in [0.1, 0.15) is 5.82 Å². The summed E-state index contributed by atoms with van der Waals surface area (Å²) in [7, 11) is 0. The van der Waals surface area contributed by atoms with E-state index in [1.54, 1.807) is 23.5 Å². The summed E-state index contributed by atoms with van der Waals surface area (Å²) in [5.74, 6) is -1.36. The second kappa shape index (κ2) is 8.90. The van der Waals surface area contributed by atoms with Gasteiger partial charge in [-0.1, -0.05) is 24.3 Å². The third-order valence-electron chi connectivity index (χ3n) is 3.99. The molecule has 3 rings (SSSR count). The fourth-order valence-corrected chi connectivity index (χ4v) is 3.58. The number of carboxylic acid groups (broad SMARTS) is 1. The number of hydrogen-bond acceptors (Lipinski definition) is 4. The van der Waals surface area contributed by atoms with E-state index in [0.29, 0.717) is 5.56 Å². The number of carbonyl (C=O) groups is 1. The molecule has 0 saturated heterocycles. The van der Waals surface area contributed by atoms with E-state index in [1.165, 1.54) is 12.1 Å². The Labute approximate surface area is 171 Å². The van der Waals surface area contributed by atoms with Crippen LogP contribution in [0.15, 0.2) is 53.9 Å². The highest BCUT2D eigenvalue weighted by Crippen LogP contribution is 2.24. The second-order valence-electron chi connectivity index (χ2n) is 6.13. The summed E-state index contributed by atoms with van der Waals surface area (Å²) in [5, 5.41) is 18.5. The molecule has 1 aromatic heterocycles. The lowest BCUT2D eigenvalue weighted by Gasteiger charge is -2.20. The largest absolute Gasteiger partial charge is 0.481 e. The van der Waals surface area contributed by atoms with Crippen LogP contribution >= 0.6 is 23.6 Å². The van der Waals surface area contributed by atoms with Crippen molar-refractivity contribution in [3.63, 3.8) is 0 Å². The predicted octanol–water partition coefficient (Wildman–Crippen LogP) is 4.76. The standard InChI is InChI=1S/C20H18FN3O2S2/c1-12-22-18(11-28-12)14-3-2-4-16(9-14)23-20(27)24-17(10-19(25)26)13-5-7-15(21)8-6-13/h2-9,11,17H,10H2,1H3,(H,25,26)(H2,23,24,27)/t17-/m1/s1. The van der Waals surface area contributed by atoms with Crippen molar-refractivity contribution in [1.82, 2.24) is 10.3 Å². The van der Waals surface area contributed by atoms with Gasteiger partial charge in [0, 0.05) is 16.6 Å². The van der Waals surface area contributed by atoms with Crippen molar-refractivity contribution >= 4 is 40.3 Å². The molecule has 0 radical (unpaired) electrons. The maximum absolute atomic E-state index is 13.2. The Bertz CT molecular complexity index is 989. The molecule has 0 aliphatic carbocycles. The van der Waals surface area contributed by atoms with Gasteiger partial charge in [-0.25, -0.2) is 9.37 Å². The molecule has 0 saturated carbocycles. The van der Waals surface area contributed by atoms with Crippen molar-refractivity contribution in [2.75, 3.05) is 5.32 Å². The lowest BCUT2D eigenvalue weighted by molar-refractivity contribution is -0.137.